The molecule has 6 nitrogen and oxygen atoms in total. The second-order valence-corrected chi connectivity index (χ2v) is 6.37. The number of benzene rings is 1. The van der Waals surface area contributed by atoms with Crippen molar-refractivity contribution in [3.8, 4) is 5.69 Å². The summed E-state index contributed by atoms with van der Waals surface area (Å²) < 4.78 is 4.31. The van der Waals surface area contributed by atoms with Crippen LogP contribution in [0.3, 0.4) is 0 Å². The summed E-state index contributed by atoms with van der Waals surface area (Å²) in [6.07, 6.45) is 0.931. The molecule has 1 heterocycles. The van der Waals surface area contributed by atoms with E-state index in [9.17, 15) is 4.79 Å². The molecule has 1 aromatic heterocycles. The van der Waals surface area contributed by atoms with Crippen LogP contribution >= 0.6 is 12.2 Å². The monoisotopic (exact) mass is 347 g/mol. The molecule has 130 valence electrons. The van der Waals surface area contributed by atoms with E-state index >= 15 is 0 Å². The van der Waals surface area contributed by atoms with Gasteiger partial charge in [-0.2, -0.15) is 5.10 Å². The highest BCUT2D eigenvalue weighted by Crippen LogP contribution is 2.13. The van der Waals surface area contributed by atoms with Crippen LogP contribution in [0, 0.1) is 18.6 Å². The van der Waals surface area contributed by atoms with Crippen LogP contribution in [0.1, 0.15) is 24.7 Å². The standard InChI is InChI=1S/C17H25N5OS/c1-5-10-18-16(23)11-20(4)12-21-17(24)22(14(3)19-21)15-8-6-13(2)7-9-15/h6-9H,5,10-12H2,1-4H3,(H,18,23). The van der Waals surface area contributed by atoms with E-state index in [-0.39, 0.29) is 5.91 Å². The molecule has 1 N–H and O–H groups in total. The summed E-state index contributed by atoms with van der Waals surface area (Å²) in [5.41, 5.74) is 2.20. The van der Waals surface area contributed by atoms with Gasteiger partial charge in [0.05, 0.1) is 13.2 Å². The van der Waals surface area contributed by atoms with Crippen molar-refractivity contribution in [1.29, 1.82) is 0 Å². The Morgan fingerprint density at radius 2 is 1.96 bits per heavy atom. The molecule has 0 unspecified atom stereocenters. The Bertz CT molecular complexity index is 747. The Kier molecular flexibility index (Phi) is 6.28. The predicted octanol–water partition coefficient (Wildman–Crippen LogP) is 2.44. The first-order chi connectivity index (χ1) is 11.4. The maximum atomic E-state index is 11.8. The third-order valence-corrected chi connectivity index (χ3v) is 4.05. The van der Waals surface area contributed by atoms with Crippen LogP contribution in [-0.2, 0) is 11.5 Å². The van der Waals surface area contributed by atoms with Gasteiger partial charge in [0, 0.05) is 12.2 Å². The average molecular weight is 347 g/mol. The molecule has 1 amide bonds. The minimum absolute atomic E-state index is 0.0144. The number of aromatic nitrogens is 3. The van der Waals surface area contributed by atoms with Gasteiger partial charge in [0.15, 0.2) is 0 Å². The van der Waals surface area contributed by atoms with Gasteiger partial charge in [-0.05, 0) is 51.7 Å². The molecule has 0 aliphatic carbocycles. The van der Waals surface area contributed by atoms with Crippen LogP contribution in [0.4, 0.5) is 0 Å². The van der Waals surface area contributed by atoms with E-state index in [1.807, 2.05) is 42.5 Å². The van der Waals surface area contributed by atoms with E-state index < -0.39 is 0 Å². The Hall–Kier alpha value is -1.99. The largest absolute Gasteiger partial charge is 0.355 e. The highest BCUT2D eigenvalue weighted by atomic mass is 32.1. The van der Waals surface area contributed by atoms with Crippen LogP contribution in [-0.4, -0.2) is 45.3 Å². The zero-order chi connectivity index (χ0) is 17.7. The number of hydrogen-bond donors (Lipinski definition) is 1. The van der Waals surface area contributed by atoms with Crippen LogP contribution in [0.15, 0.2) is 24.3 Å². The quantitative estimate of drug-likeness (QED) is 0.782. The third kappa shape index (κ3) is 4.52. The highest BCUT2D eigenvalue weighted by molar-refractivity contribution is 7.71. The van der Waals surface area contributed by atoms with E-state index in [1.165, 1.54) is 5.56 Å². The zero-order valence-electron chi connectivity index (χ0n) is 14.7. The first-order valence-corrected chi connectivity index (χ1v) is 8.52. The second-order valence-electron chi connectivity index (χ2n) is 6.01. The van der Waals surface area contributed by atoms with Crippen LogP contribution in [0.5, 0.6) is 0 Å². The summed E-state index contributed by atoms with van der Waals surface area (Å²) in [5.74, 6) is 0.841. The van der Waals surface area contributed by atoms with Gasteiger partial charge in [0.1, 0.15) is 5.82 Å². The van der Waals surface area contributed by atoms with Gasteiger partial charge in [-0.3, -0.25) is 14.3 Å². The number of rotatable bonds is 7. The van der Waals surface area contributed by atoms with Gasteiger partial charge in [0.2, 0.25) is 10.7 Å². The van der Waals surface area contributed by atoms with E-state index in [2.05, 4.69) is 29.5 Å². The van der Waals surface area contributed by atoms with Crippen molar-refractivity contribution >= 4 is 18.1 Å². The Morgan fingerprint density at radius 3 is 2.58 bits per heavy atom. The smallest absolute Gasteiger partial charge is 0.234 e. The molecular formula is C17H25N5OS. The van der Waals surface area contributed by atoms with Crippen molar-refractivity contribution in [3.05, 3.63) is 40.4 Å². The van der Waals surface area contributed by atoms with E-state index in [1.54, 1.807) is 4.68 Å². The molecule has 0 atom stereocenters. The number of amides is 1. The third-order valence-electron chi connectivity index (χ3n) is 3.65. The van der Waals surface area contributed by atoms with Crippen LogP contribution in [0.2, 0.25) is 0 Å². The second kappa shape index (κ2) is 8.21. The Morgan fingerprint density at radius 1 is 1.29 bits per heavy atom. The normalized spacial score (nSPS) is 11.0. The van der Waals surface area contributed by atoms with Gasteiger partial charge in [-0.1, -0.05) is 24.6 Å². The molecule has 0 fully saturated rings. The van der Waals surface area contributed by atoms with Crippen molar-refractivity contribution in [2.24, 2.45) is 0 Å². The molecule has 24 heavy (non-hydrogen) atoms. The summed E-state index contributed by atoms with van der Waals surface area (Å²) in [6, 6.07) is 8.17. The first kappa shape index (κ1) is 18.4. The molecule has 2 aromatic rings. The minimum Gasteiger partial charge on any atom is -0.355 e. The predicted molar refractivity (Wildman–Crippen MR) is 97.8 cm³/mol. The van der Waals surface area contributed by atoms with E-state index in [4.69, 9.17) is 12.2 Å². The molecular weight excluding hydrogens is 322 g/mol. The number of likely N-dealkylation sites (N-methyl/N-ethyl adjacent to an activating group) is 1. The topological polar surface area (TPSA) is 55.1 Å². The Labute approximate surface area is 148 Å². The number of hydrogen-bond acceptors (Lipinski definition) is 4. The fourth-order valence-electron chi connectivity index (χ4n) is 2.44. The van der Waals surface area contributed by atoms with E-state index in [0.29, 0.717) is 24.5 Å². The molecule has 0 aliphatic heterocycles. The van der Waals surface area contributed by atoms with Crippen LogP contribution < -0.4 is 5.32 Å². The maximum Gasteiger partial charge on any atom is 0.234 e. The fraction of sp³-hybridized carbons (Fsp3) is 0.471. The molecule has 0 bridgehead atoms. The number of nitrogens with one attached hydrogen (secondary N) is 1. The van der Waals surface area contributed by atoms with Crippen molar-refractivity contribution in [2.75, 3.05) is 20.1 Å². The highest BCUT2D eigenvalue weighted by Gasteiger charge is 2.12. The lowest BCUT2D eigenvalue weighted by Gasteiger charge is -2.15. The number of nitrogens with zero attached hydrogens (tertiary/aromatic N) is 4. The van der Waals surface area contributed by atoms with E-state index in [0.717, 1.165) is 17.9 Å². The number of aryl methyl sites for hydroxylation is 2. The Balaban J connectivity index is 2.12. The van der Waals surface area contributed by atoms with Gasteiger partial charge in [-0.25, -0.2) is 4.68 Å². The lowest BCUT2D eigenvalue weighted by atomic mass is 10.2. The van der Waals surface area contributed by atoms with Gasteiger partial charge < -0.3 is 5.32 Å². The number of carbonyl (C=O) groups excluding carboxylic acids is 1. The molecule has 1 aromatic carbocycles. The molecule has 0 saturated carbocycles. The van der Waals surface area contributed by atoms with Gasteiger partial charge in [-0.15, -0.1) is 0 Å². The van der Waals surface area contributed by atoms with Gasteiger partial charge >= 0.3 is 0 Å². The summed E-state index contributed by atoms with van der Waals surface area (Å²) >= 11 is 5.57. The SMILES string of the molecule is CCCNC(=O)CN(C)Cn1nc(C)n(-c2ccc(C)cc2)c1=S. The molecule has 0 aliphatic rings. The minimum atomic E-state index is 0.0144. The summed E-state index contributed by atoms with van der Waals surface area (Å²) in [7, 11) is 1.88. The van der Waals surface area contributed by atoms with Crippen molar-refractivity contribution in [1.82, 2.24) is 24.6 Å². The summed E-state index contributed by atoms with van der Waals surface area (Å²) in [6.45, 7) is 7.51. The van der Waals surface area contributed by atoms with Gasteiger partial charge in [0.25, 0.3) is 0 Å². The zero-order valence-corrected chi connectivity index (χ0v) is 15.6. The first-order valence-electron chi connectivity index (χ1n) is 8.11. The van der Waals surface area contributed by atoms with Crippen molar-refractivity contribution in [3.63, 3.8) is 0 Å². The van der Waals surface area contributed by atoms with Crippen molar-refractivity contribution < 1.29 is 4.79 Å². The lowest BCUT2D eigenvalue weighted by molar-refractivity contribution is -0.122. The van der Waals surface area contributed by atoms with Crippen molar-refractivity contribution in [2.45, 2.75) is 33.9 Å². The molecule has 0 radical (unpaired) electrons. The molecule has 0 spiro atoms. The molecule has 7 heteroatoms. The fourth-order valence-corrected chi connectivity index (χ4v) is 2.78. The summed E-state index contributed by atoms with van der Waals surface area (Å²) in [5, 5.41) is 7.39. The van der Waals surface area contributed by atoms with Crippen LogP contribution in [0.25, 0.3) is 5.69 Å². The lowest BCUT2D eigenvalue weighted by Crippen LogP contribution is -2.36. The molecule has 0 saturated heterocycles. The molecule has 2 rings (SSSR count). The average Bonchev–Trinajstić information content (AvgIpc) is 2.80. The summed E-state index contributed by atoms with van der Waals surface area (Å²) in [4.78, 5) is 13.7. The maximum absolute atomic E-state index is 11.8. The number of carbonyl (C=O) groups is 1.